The predicted molar refractivity (Wildman–Crippen MR) is 103 cm³/mol. The van der Waals surface area contributed by atoms with Crippen LogP contribution in [0, 0.1) is 11.3 Å². The van der Waals surface area contributed by atoms with Crippen molar-refractivity contribution in [1.82, 2.24) is 14.9 Å². The number of fused-ring (bicyclic) bond motifs is 1. The lowest BCUT2D eigenvalue weighted by Crippen LogP contribution is -2.47. The highest BCUT2D eigenvalue weighted by Gasteiger charge is 2.21. The highest BCUT2D eigenvalue weighted by molar-refractivity contribution is 5.94. The smallest absolute Gasteiger partial charge is 0.103 e. The highest BCUT2D eigenvalue weighted by Crippen LogP contribution is 2.29. The lowest BCUT2D eigenvalue weighted by atomic mass is 10.1. The number of para-hydroxylation sites is 1. The van der Waals surface area contributed by atoms with Gasteiger partial charge in [-0.25, -0.2) is 0 Å². The monoisotopic (exact) mass is 343 g/mol. The van der Waals surface area contributed by atoms with E-state index in [0.717, 1.165) is 61.4 Å². The predicted octanol–water partition coefficient (Wildman–Crippen LogP) is 2.87. The Morgan fingerprint density at radius 2 is 1.77 bits per heavy atom. The molecule has 5 nitrogen and oxygen atoms in total. The lowest BCUT2D eigenvalue weighted by Gasteiger charge is -2.36. The molecule has 0 N–H and O–H groups in total. The maximum absolute atomic E-state index is 9.54. The molecule has 26 heavy (non-hydrogen) atoms. The van der Waals surface area contributed by atoms with Gasteiger partial charge < -0.3 is 4.90 Å². The fourth-order valence-corrected chi connectivity index (χ4v) is 3.56. The summed E-state index contributed by atoms with van der Waals surface area (Å²) < 4.78 is 0. The van der Waals surface area contributed by atoms with Crippen LogP contribution in [0.3, 0.4) is 0 Å². The van der Waals surface area contributed by atoms with Crippen molar-refractivity contribution < 1.29 is 0 Å². The van der Waals surface area contributed by atoms with E-state index in [0.29, 0.717) is 5.56 Å². The van der Waals surface area contributed by atoms with Crippen molar-refractivity contribution in [3.05, 3.63) is 66.1 Å². The van der Waals surface area contributed by atoms with Gasteiger partial charge in [0.15, 0.2) is 0 Å². The molecule has 0 spiro atoms. The first-order chi connectivity index (χ1) is 12.8. The fraction of sp³-hybridized carbons (Fsp3) is 0.286. The number of nitriles is 1. The molecule has 0 bridgehead atoms. The summed E-state index contributed by atoms with van der Waals surface area (Å²) in [4.78, 5) is 13.6. The molecule has 0 unspecified atom stereocenters. The molecule has 3 heterocycles. The van der Waals surface area contributed by atoms with Gasteiger partial charge in [-0.15, -0.1) is 0 Å². The maximum atomic E-state index is 9.54. The van der Waals surface area contributed by atoms with Gasteiger partial charge in [-0.05, 0) is 18.2 Å². The summed E-state index contributed by atoms with van der Waals surface area (Å²) >= 11 is 0. The van der Waals surface area contributed by atoms with Crippen LogP contribution in [0.4, 0.5) is 5.69 Å². The summed E-state index contributed by atoms with van der Waals surface area (Å²) in [5.74, 6) is 0. The molecule has 4 rings (SSSR count). The summed E-state index contributed by atoms with van der Waals surface area (Å²) in [6.07, 6.45) is 4.53. The molecular formula is C21H21N5. The van der Waals surface area contributed by atoms with E-state index < -0.39 is 0 Å². The minimum absolute atomic E-state index is 0.658. The highest BCUT2D eigenvalue weighted by atomic mass is 15.3. The molecule has 1 fully saturated rings. The van der Waals surface area contributed by atoms with E-state index in [2.05, 4.69) is 38.0 Å². The van der Waals surface area contributed by atoms with Gasteiger partial charge in [0.2, 0.25) is 0 Å². The number of hydrogen-bond acceptors (Lipinski definition) is 5. The zero-order chi connectivity index (χ0) is 17.8. The Morgan fingerprint density at radius 3 is 2.54 bits per heavy atom. The topological polar surface area (TPSA) is 56.1 Å². The van der Waals surface area contributed by atoms with E-state index in [1.165, 1.54) is 0 Å². The second kappa shape index (κ2) is 7.51. The second-order valence-corrected chi connectivity index (χ2v) is 6.55. The van der Waals surface area contributed by atoms with E-state index in [1.54, 1.807) is 6.20 Å². The summed E-state index contributed by atoms with van der Waals surface area (Å²) in [5.41, 5.74) is 3.77. The minimum atomic E-state index is 0.658. The molecule has 1 aliphatic rings. The number of aromatic nitrogens is 2. The van der Waals surface area contributed by atoms with E-state index in [4.69, 9.17) is 0 Å². The normalized spacial score (nSPS) is 15.1. The van der Waals surface area contributed by atoms with E-state index in [-0.39, 0.29) is 0 Å². The van der Waals surface area contributed by atoms with Crippen molar-refractivity contribution in [2.24, 2.45) is 0 Å². The minimum Gasteiger partial charge on any atom is -0.367 e. The van der Waals surface area contributed by atoms with Crippen molar-refractivity contribution in [2.75, 3.05) is 37.6 Å². The van der Waals surface area contributed by atoms with Crippen LogP contribution in [0.5, 0.6) is 0 Å². The Hall–Kier alpha value is -2.97. The van der Waals surface area contributed by atoms with Gasteiger partial charge in [0, 0.05) is 62.6 Å². The van der Waals surface area contributed by atoms with Gasteiger partial charge in [-0.3, -0.25) is 14.9 Å². The first-order valence-corrected chi connectivity index (χ1v) is 9.00. The van der Waals surface area contributed by atoms with Crippen molar-refractivity contribution in [2.45, 2.75) is 6.42 Å². The van der Waals surface area contributed by atoms with Crippen LogP contribution >= 0.6 is 0 Å². The number of benzene rings is 1. The molecule has 0 saturated carbocycles. The summed E-state index contributed by atoms with van der Waals surface area (Å²) in [6.45, 7) is 4.85. The lowest BCUT2D eigenvalue weighted by molar-refractivity contribution is 0.260. The third-order valence-corrected chi connectivity index (χ3v) is 4.97. The van der Waals surface area contributed by atoms with Crippen LogP contribution in [0.25, 0.3) is 10.9 Å². The third kappa shape index (κ3) is 3.37. The summed E-state index contributed by atoms with van der Waals surface area (Å²) in [5, 5.41) is 10.6. The van der Waals surface area contributed by atoms with Crippen molar-refractivity contribution in [3.63, 3.8) is 0 Å². The number of pyridine rings is 2. The van der Waals surface area contributed by atoms with Crippen LogP contribution in [0.15, 0.2) is 54.9 Å². The van der Waals surface area contributed by atoms with Crippen LogP contribution < -0.4 is 4.90 Å². The number of nitrogens with zero attached hydrogens (tertiary/aromatic N) is 5. The van der Waals surface area contributed by atoms with Crippen LogP contribution in [0.1, 0.15) is 11.3 Å². The Morgan fingerprint density at radius 1 is 0.962 bits per heavy atom. The van der Waals surface area contributed by atoms with Gasteiger partial charge in [0.05, 0.1) is 16.8 Å². The molecular weight excluding hydrogens is 322 g/mol. The van der Waals surface area contributed by atoms with Crippen molar-refractivity contribution in [3.8, 4) is 6.07 Å². The standard InChI is InChI=1S/C21H21N5/c22-15-17-16-24-20-7-2-1-6-19(20)21(17)26-13-11-25(12-14-26)10-8-18-5-3-4-9-23-18/h1-7,9,16H,8,10-14H2. The van der Waals surface area contributed by atoms with Gasteiger partial charge in [0.1, 0.15) is 6.07 Å². The van der Waals surface area contributed by atoms with Crippen LogP contribution in [-0.4, -0.2) is 47.6 Å². The quantitative estimate of drug-likeness (QED) is 0.729. The molecule has 0 amide bonds. The zero-order valence-electron chi connectivity index (χ0n) is 14.7. The maximum Gasteiger partial charge on any atom is 0.103 e. The largest absolute Gasteiger partial charge is 0.367 e. The van der Waals surface area contributed by atoms with Gasteiger partial charge in [-0.2, -0.15) is 5.26 Å². The molecule has 1 aliphatic heterocycles. The SMILES string of the molecule is N#Cc1cnc2ccccc2c1N1CCN(CCc2ccccn2)CC1. The fourth-order valence-electron chi connectivity index (χ4n) is 3.56. The average Bonchev–Trinajstić information content (AvgIpc) is 2.72. The Labute approximate surface area is 153 Å². The Bertz CT molecular complexity index is 924. The van der Waals surface area contributed by atoms with Crippen molar-refractivity contribution in [1.29, 1.82) is 5.26 Å². The Kier molecular flexibility index (Phi) is 4.76. The van der Waals surface area contributed by atoms with Crippen LogP contribution in [0.2, 0.25) is 0 Å². The first-order valence-electron chi connectivity index (χ1n) is 9.00. The van der Waals surface area contributed by atoms with Gasteiger partial charge in [-0.1, -0.05) is 24.3 Å². The molecule has 3 aromatic rings. The van der Waals surface area contributed by atoms with E-state index in [9.17, 15) is 5.26 Å². The molecule has 0 aliphatic carbocycles. The third-order valence-electron chi connectivity index (χ3n) is 4.97. The Balaban J connectivity index is 1.47. The molecule has 0 atom stereocenters. The molecule has 130 valence electrons. The number of anilines is 1. The van der Waals surface area contributed by atoms with Gasteiger partial charge in [0.25, 0.3) is 0 Å². The van der Waals surface area contributed by atoms with Gasteiger partial charge >= 0.3 is 0 Å². The number of piperazine rings is 1. The zero-order valence-corrected chi connectivity index (χ0v) is 14.7. The second-order valence-electron chi connectivity index (χ2n) is 6.55. The first kappa shape index (κ1) is 16.5. The van der Waals surface area contributed by atoms with Crippen LogP contribution in [-0.2, 0) is 6.42 Å². The molecule has 5 heteroatoms. The summed E-state index contributed by atoms with van der Waals surface area (Å²) in [6, 6.07) is 16.5. The molecule has 1 aromatic carbocycles. The molecule has 0 radical (unpaired) electrons. The van der Waals surface area contributed by atoms with E-state index >= 15 is 0 Å². The average molecular weight is 343 g/mol. The molecule has 1 saturated heterocycles. The molecule has 2 aromatic heterocycles. The van der Waals surface area contributed by atoms with Crippen molar-refractivity contribution >= 4 is 16.6 Å². The number of rotatable bonds is 4. The number of hydrogen-bond donors (Lipinski definition) is 0. The van der Waals surface area contributed by atoms with E-state index in [1.807, 2.05) is 36.5 Å². The summed E-state index contributed by atoms with van der Waals surface area (Å²) in [7, 11) is 0.